The lowest BCUT2D eigenvalue weighted by molar-refractivity contribution is 0.0270. The zero-order valence-corrected chi connectivity index (χ0v) is 12.2. The van der Waals surface area contributed by atoms with E-state index < -0.39 is 0 Å². The topological polar surface area (TPSA) is 41.3 Å². The normalized spacial score (nSPS) is 24.1. The van der Waals surface area contributed by atoms with E-state index in [1.807, 2.05) is 18.7 Å². The highest BCUT2D eigenvalue weighted by atomic mass is 79.9. The highest BCUT2D eigenvalue weighted by Gasteiger charge is 2.28. The molecule has 2 rings (SSSR count). The Morgan fingerprint density at radius 2 is 2.18 bits per heavy atom. The van der Waals surface area contributed by atoms with Crippen molar-refractivity contribution < 1.29 is 5.11 Å². The van der Waals surface area contributed by atoms with Gasteiger partial charge in [-0.3, -0.25) is 4.68 Å². The summed E-state index contributed by atoms with van der Waals surface area (Å²) in [7, 11) is 4.10. The van der Waals surface area contributed by atoms with E-state index in [2.05, 4.69) is 33.0 Å². The quantitative estimate of drug-likeness (QED) is 0.920. The van der Waals surface area contributed by atoms with Gasteiger partial charge in [-0.25, -0.2) is 0 Å². The summed E-state index contributed by atoms with van der Waals surface area (Å²) in [5.74, 6) is 0.656. The summed E-state index contributed by atoms with van der Waals surface area (Å²) < 4.78 is 3.05. The van der Waals surface area contributed by atoms with E-state index >= 15 is 0 Å². The molecule has 0 amide bonds. The third kappa shape index (κ3) is 2.89. The molecule has 0 aliphatic heterocycles. The van der Waals surface area contributed by atoms with Crippen molar-refractivity contribution in [3.8, 4) is 0 Å². The van der Waals surface area contributed by atoms with Gasteiger partial charge in [0.25, 0.3) is 0 Å². The summed E-state index contributed by atoms with van der Waals surface area (Å²) in [6.07, 6.45) is 1.85. The highest BCUT2D eigenvalue weighted by molar-refractivity contribution is 9.10. The summed E-state index contributed by atoms with van der Waals surface area (Å²) in [5, 5.41) is 13.7. The molecule has 0 atom stereocenters. The summed E-state index contributed by atoms with van der Waals surface area (Å²) >= 11 is 3.59. The third-order valence-electron chi connectivity index (χ3n) is 3.46. The molecule has 0 radical (unpaired) electrons. The zero-order valence-electron chi connectivity index (χ0n) is 10.6. The summed E-state index contributed by atoms with van der Waals surface area (Å²) in [6, 6.07) is 0. The van der Waals surface area contributed by atoms with Crippen LogP contribution in [0.15, 0.2) is 4.47 Å². The molecule has 96 valence electrons. The predicted octanol–water partition coefficient (Wildman–Crippen LogP) is 1.69. The zero-order chi connectivity index (χ0) is 12.6. The monoisotopic (exact) mass is 301 g/mol. The fourth-order valence-corrected chi connectivity index (χ4v) is 2.92. The summed E-state index contributed by atoms with van der Waals surface area (Å²) in [6.45, 7) is 3.95. The van der Waals surface area contributed by atoms with Crippen LogP contribution in [0.1, 0.15) is 24.2 Å². The number of aliphatic hydroxyl groups is 1. The van der Waals surface area contributed by atoms with Gasteiger partial charge in [0, 0.05) is 20.1 Å². The molecule has 0 bridgehead atoms. The van der Waals surface area contributed by atoms with Gasteiger partial charge >= 0.3 is 0 Å². The molecule has 1 fully saturated rings. The van der Waals surface area contributed by atoms with Crippen LogP contribution in [0, 0.1) is 12.8 Å². The number of halogens is 1. The molecule has 0 aromatic carbocycles. The van der Waals surface area contributed by atoms with E-state index in [0.717, 1.165) is 36.1 Å². The summed E-state index contributed by atoms with van der Waals surface area (Å²) in [4.78, 5) is 2.30. The molecule has 1 aromatic rings. The van der Waals surface area contributed by atoms with E-state index in [0.29, 0.717) is 5.92 Å². The molecule has 1 N–H and O–H groups in total. The molecule has 0 spiro atoms. The molecule has 1 heterocycles. The smallest absolute Gasteiger partial charge is 0.0739 e. The molecule has 5 heteroatoms. The van der Waals surface area contributed by atoms with Crippen LogP contribution >= 0.6 is 15.9 Å². The number of aromatic nitrogens is 2. The predicted molar refractivity (Wildman–Crippen MR) is 70.7 cm³/mol. The second kappa shape index (κ2) is 5.08. The van der Waals surface area contributed by atoms with Gasteiger partial charge in [-0.1, -0.05) is 0 Å². The van der Waals surface area contributed by atoms with Crippen molar-refractivity contribution in [1.29, 1.82) is 0 Å². The van der Waals surface area contributed by atoms with Crippen LogP contribution in [0.5, 0.6) is 0 Å². The van der Waals surface area contributed by atoms with Gasteiger partial charge in [0.15, 0.2) is 0 Å². The maximum Gasteiger partial charge on any atom is 0.0739 e. The minimum atomic E-state index is -0.0564. The molecule has 0 unspecified atom stereocenters. The molecule has 1 saturated carbocycles. The van der Waals surface area contributed by atoms with E-state index in [4.69, 9.17) is 0 Å². The average molecular weight is 302 g/mol. The first-order chi connectivity index (χ1) is 7.97. The molecule has 1 aliphatic rings. The van der Waals surface area contributed by atoms with Gasteiger partial charge in [0.05, 0.1) is 22.0 Å². The molecule has 4 nitrogen and oxygen atoms in total. The van der Waals surface area contributed by atoms with E-state index in [1.54, 1.807) is 0 Å². The Labute approximate surface area is 111 Å². The molecule has 1 aromatic heterocycles. The number of hydrogen-bond acceptors (Lipinski definition) is 3. The first-order valence-corrected chi connectivity index (χ1v) is 6.81. The lowest BCUT2D eigenvalue weighted by atomic mass is 9.82. The summed E-state index contributed by atoms with van der Waals surface area (Å²) in [5.41, 5.74) is 2.25. The second-order valence-electron chi connectivity index (χ2n) is 5.16. The molecular formula is C12H20BrN3O. The second-order valence-corrected chi connectivity index (χ2v) is 5.95. The molecule has 17 heavy (non-hydrogen) atoms. The standard InChI is InChI=1S/C12H20BrN3O/c1-8-12(13)11(16(3)14-8)7-15(2)6-9-4-10(17)5-9/h9-10,17H,4-7H2,1-3H3. The van der Waals surface area contributed by atoms with Crippen LogP contribution in [0.2, 0.25) is 0 Å². The van der Waals surface area contributed by atoms with Crippen molar-refractivity contribution in [2.24, 2.45) is 13.0 Å². The third-order valence-corrected chi connectivity index (χ3v) is 4.49. The SMILES string of the molecule is Cc1nn(C)c(CN(C)CC2CC(O)C2)c1Br. The minimum absolute atomic E-state index is 0.0564. The van der Waals surface area contributed by atoms with Crippen molar-refractivity contribution in [1.82, 2.24) is 14.7 Å². The van der Waals surface area contributed by atoms with Crippen LogP contribution in [-0.4, -0.2) is 39.5 Å². The molecule has 1 aliphatic carbocycles. The van der Waals surface area contributed by atoms with Crippen molar-refractivity contribution >= 4 is 15.9 Å². The van der Waals surface area contributed by atoms with Crippen molar-refractivity contribution in [2.45, 2.75) is 32.4 Å². The Morgan fingerprint density at radius 1 is 1.53 bits per heavy atom. The number of aliphatic hydroxyl groups excluding tert-OH is 1. The maximum atomic E-state index is 9.27. The van der Waals surface area contributed by atoms with Gasteiger partial charge in [-0.15, -0.1) is 0 Å². The maximum absolute atomic E-state index is 9.27. The van der Waals surface area contributed by atoms with Gasteiger partial charge < -0.3 is 10.0 Å². The van der Waals surface area contributed by atoms with Crippen LogP contribution in [0.25, 0.3) is 0 Å². The van der Waals surface area contributed by atoms with Gasteiger partial charge in [-0.2, -0.15) is 5.10 Å². The van der Waals surface area contributed by atoms with Gasteiger partial charge in [-0.05, 0) is 48.7 Å². The van der Waals surface area contributed by atoms with Crippen LogP contribution in [0.4, 0.5) is 0 Å². The Balaban J connectivity index is 1.91. The van der Waals surface area contributed by atoms with Crippen LogP contribution in [-0.2, 0) is 13.6 Å². The number of hydrogen-bond donors (Lipinski definition) is 1. The van der Waals surface area contributed by atoms with E-state index in [1.165, 1.54) is 5.69 Å². The van der Waals surface area contributed by atoms with Crippen LogP contribution in [0.3, 0.4) is 0 Å². The lowest BCUT2D eigenvalue weighted by Crippen LogP contribution is -2.37. The van der Waals surface area contributed by atoms with Crippen LogP contribution < -0.4 is 0 Å². The fourth-order valence-electron chi connectivity index (χ4n) is 2.46. The number of rotatable bonds is 4. The first kappa shape index (κ1) is 13.1. The Kier molecular flexibility index (Phi) is 3.90. The number of nitrogens with zero attached hydrogens (tertiary/aromatic N) is 3. The fraction of sp³-hybridized carbons (Fsp3) is 0.750. The Morgan fingerprint density at radius 3 is 2.65 bits per heavy atom. The first-order valence-electron chi connectivity index (χ1n) is 6.02. The minimum Gasteiger partial charge on any atom is -0.393 e. The largest absolute Gasteiger partial charge is 0.393 e. The Bertz CT molecular complexity index is 399. The molecule has 0 saturated heterocycles. The Hall–Kier alpha value is -0.390. The number of aryl methyl sites for hydroxylation is 2. The van der Waals surface area contributed by atoms with Crippen molar-refractivity contribution in [3.63, 3.8) is 0 Å². The van der Waals surface area contributed by atoms with Gasteiger partial charge in [0.2, 0.25) is 0 Å². The molecular weight excluding hydrogens is 282 g/mol. The highest BCUT2D eigenvalue weighted by Crippen LogP contribution is 2.28. The average Bonchev–Trinajstić information content (AvgIpc) is 2.43. The lowest BCUT2D eigenvalue weighted by Gasteiger charge is -2.34. The van der Waals surface area contributed by atoms with E-state index in [9.17, 15) is 5.11 Å². The van der Waals surface area contributed by atoms with Crippen molar-refractivity contribution in [2.75, 3.05) is 13.6 Å². The van der Waals surface area contributed by atoms with Crippen molar-refractivity contribution in [3.05, 3.63) is 15.9 Å². The van der Waals surface area contributed by atoms with Gasteiger partial charge in [0.1, 0.15) is 0 Å². The van der Waals surface area contributed by atoms with E-state index in [-0.39, 0.29) is 6.10 Å².